The summed E-state index contributed by atoms with van der Waals surface area (Å²) >= 11 is 1.43. The Hall–Kier alpha value is -1.74. The third-order valence-corrected chi connectivity index (χ3v) is 4.21. The summed E-state index contributed by atoms with van der Waals surface area (Å²) in [4.78, 5) is 26.3. The Bertz CT molecular complexity index is 596. The molecule has 0 saturated heterocycles. The molecule has 2 rings (SSSR count). The van der Waals surface area contributed by atoms with Crippen LogP contribution in [0.25, 0.3) is 0 Å². The molecule has 1 heterocycles. The first-order valence-corrected chi connectivity index (χ1v) is 8.29. The molecule has 1 aliphatic rings. The topological polar surface area (TPSA) is 58.6 Å². The Labute approximate surface area is 141 Å². The van der Waals surface area contributed by atoms with Crippen LogP contribution in [0.3, 0.4) is 0 Å². The molecule has 5 nitrogen and oxygen atoms in total. The zero-order valence-corrected chi connectivity index (χ0v) is 13.6. The smallest absolute Gasteiger partial charge is 0.372 e. The summed E-state index contributed by atoms with van der Waals surface area (Å²) in [7, 11) is 0. The number of thioether (sulfide) groups is 1. The van der Waals surface area contributed by atoms with E-state index in [1.54, 1.807) is 12.1 Å². The molecule has 0 aliphatic carbocycles. The summed E-state index contributed by atoms with van der Waals surface area (Å²) in [6.07, 6.45) is -4.08. The number of hydrogen-bond donors (Lipinski definition) is 1. The molecule has 0 bridgehead atoms. The van der Waals surface area contributed by atoms with Gasteiger partial charge in [0.15, 0.2) is 0 Å². The second-order valence-electron chi connectivity index (χ2n) is 5.11. The molecule has 24 heavy (non-hydrogen) atoms. The van der Waals surface area contributed by atoms with E-state index < -0.39 is 12.8 Å². The van der Waals surface area contributed by atoms with Crippen molar-refractivity contribution >= 4 is 29.3 Å². The fourth-order valence-electron chi connectivity index (χ4n) is 2.12. The third kappa shape index (κ3) is 5.72. The Morgan fingerprint density at radius 3 is 2.83 bits per heavy atom. The summed E-state index contributed by atoms with van der Waals surface area (Å²) in [6, 6.07) is 7.31. The van der Waals surface area contributed by atoms with E-state index in [1.807, 2.05) is 12.1 Å². The minimum Gasteiger partial charge on any atom is -0.372 e. The molecule has 0 radical (unpaired) electrons. The van der Waals surface area contributed by atoms with Crippen LogP contribution in [0.1, 0.15) is 6.42 Å². The molecular formula is C15H17F3N2O3S. The SMILES string of the molecule is O=C(CN1C(=O)CSc2ccccc21)NCCCOCC(F)(F)F. The maximum Gasteiger partial charge on any atom is 0.411 e. The van der Waals surface area contributed by atoms with Crippen LogP contribution in [0.4, 0.5) is 18.9 Å². The average molecular weight is 362 g/mol. The van der Waals surface area contributed by atoms with Crippen molar-refractivity contribution in [3.8, 4) is 0 Å². The largest absolute Gasteiger partial charge is 0.411 e. The van der Waals surface area contributed by atoms with Crippen LogP contribution < -0.4 is 10.2 Å². The highest BCUT2D eigenvalue weighted by Gasteiger charge is 2.27. The number of ether oxygens (including phenoxy) is 1. The highest BCUT2D eigenvalue weighted by molar-refractivity contribution is 8.00. The maximum atomic E-state index is 12.0. The van der Waals surface area contributed by atoms with E-state index in [0.29, 0.717) is 5.69 Å². The number of nitrogens with one attached hydrogen (secondary N) is 1. The Morgan fingerprint density at radius 2 is 2.08 bits per heavy atom. The molecule has 1 aromatic rings. The molecule has 0 aromatic heterocycles. The van der Waals surface area contributed by atoms with Crippen molar-refractivity contribution in [2.45, 2.75) is 17.5 Å². The fraction of sp³-hybridized carbons (Fsp3) is 0.467. The lowest BCUT2D eigenvalue weighted by Crippen LogP contribution is -2.43. The lowest BCUT2D eigenvalue weighted by atomic mass is 10.2. The van der Waals surface area contributed by atoms with Crippen LogP contribution in [0.5, 0.6) is 0 Å². The first kappa shape index (κ1) is 18.6. The molecule has 1 N–H and O–H groups in total. The van der Waals surface area contributed by atoms with Gasteiger partial charge in [0.2, 0.25) is 11.8 Å². The summed E-state index contributed by atoms with van der Waals surface area (Å²) < 4.78 is 40.1. The third-order valence-electron chi connectivity index (χ3n) is 3.16. The van der Waals surface area contributed by atoms with Gasteiger partial charge in [-0.25, -0.2) is 0 Å². The summed E-state index contributed by atoms with van der Waals surface area (Å²) in [5.74, 6) is -0.238. The molecule has 0 fully saturated rings. The molecule has 2 amide bonds. The van der Waals surface area contributed by atoms with E-state index in [1.165, 1.54) is 16.7 Å². The van der Waals surface area contributed by atoms with Gasteiger partial charge in [-0.3, -0.25) is 9.59 Å². The van der Waals surface area contributed by atoms with Crippen LogP contribution in [-0.2, 0) is 14.3 Å². The van der Waals surface area contributed by atoms with Crippen LogP contribution in [0.2, 0.25) is 0 Å². The number of anilines is 1. The van der Waals surface area contributed by atoms with Crippen molar-refractivity contribution in [2.24, 2.45) is 0 Å². The highest BCUT2D eigenvalue weighted by Crippen LogP contribution is 2.34. The minimum atomic E-state index is -4.34. The number of benzene rings is 1. The van der Waals surface area contributed by atoms with Gasteiger partial charge in [0, 0.05) is 18.0 Å². The van der Waals surface area contributed by atoms with E-state index in [0.717, 1.165) is 4.90 Å². The number of fused-ring (bicyclic) bond motifs is 1. The normalized spacial score (nSPS) is 14.5. The molecular weight excluding hydrogens is 345 g/mol. The number of para-hydroxylation sites is 1. The van der Waals surface area contributed by atoms with Crippen molar-refractivity contribution in [3.05, 3.63) is 24.3 Å². The quantitative estimate of drug-likeness (QED) is 0.756. The monoisotopic (exact) mass is 362 g/mol. The fourth-order valence-corrected chi connectivity index (χ4v) is 3.05. The Morgan fingerprint density at radius 1 is 1.33 bits per heavy atom. The minimum absolute atomic E-state index is 0.0953. The summed E-state index contributed by atoms with van der Waals surface area (Å²) in [5, 5.41) is 2.58. The average Bonchev–Trinajstić information content (AvgIpc) is 2.52. The number of nitrogens with zero attached hydrogens (tertiary/aromatic N) is 1. The van der Waals surface area contributed by atoms with Gasteiger partial charge in [-0.15, -0.1) is 11.8 Å². The molecule has 1 aromatic carbocycles. The van der Waals surface area contributed by atoms with Crippen molar-refractivity contribution < 1.29 is 27.5 Å². The molecule has 0 saturated carbocycles. The second-order valence-corrected chi connectivity index (χ2v) is 6.12. The van der Waals surface area contributed by atoms with Gasteiger partial charge < -0.3 is 15.0 Å². The van der Waals surface area contributed by atoms with Crippen molar-refractivity contribution in [3.63, 3.8) is 0 Å². The summed E-state index contributed by atoms with van der Waals surface area (Å²) in [5.41, 5.74) is 0.697. The molecule has 0 unspecified atom stereocenters. The Kier molecular flexibility index (Phi) is 6.50. The van der Waals surface area contributed by atoms with Crippen molar-refractivity contribution in [1.29, 1.82) is 0 Å². The van der Waals surface area contributed by atoms with Crippen LogP contribution in [-0.4, -0.2) is 50.0 Å². The number of carbonyl (C=O) groups is 2. The zero-order valence-electron chi connectivity index (χ0n) is 12.8. The number of carbonyl (C=O) groups excluding carboxylic acids is 2. The van der Waals surface area contributed by atoms with Gasteiger partial charge in [-0.05, 0) is 18.6 Å². The van der Waals surface area contributed by atoms with Crippen LogP contribution in [0, 0.1) is 0 Å². The number of hydrogen-bond acceptors (Lipinski definition) is 4. The predicted octanol–water partition coefficient (Wildman–Crippen LogP) is 2.21. The van der Waals surface area contributed by atoms with Gasteiger partial charge in [0.1, 0.15) is 13.2 Å². The molecule has 0 atom stereocenters. The first-order valence-electron chi connectivity index (χ1n) is 7.30. The standard InChI is InChI=1S/C15H17F3N2O3S/c16-15(17,18)10-23-7-3-6-19-13(21)8-20-11-4-1-2-5-12(11)24-9-14(20)22/h1-2,4-5H,3,6-10H2,(H,19,21). The van der Waals surface area contributed by atoms with Crippen molar-refractivity contribution in [2.75, 3.05) is 37.0 Å². The zero-order chi connectivity index (χ0) is 17.6. The van der Waals surface area contributed by atoms with Crippen LogP contribution in [0.15, 0.2) is 29.2 Å². The van der Waals surface area contributed by atoms with Gasteiger partial charge in [-0.2, -0.15) is 13.2 Å². The second kappa shape index (κ2) is 8.39. The first-order chi connectivity index (χ1) is 11.4. The predicted molar refractivity (Wildman–Crippen MR) is 84.0 cm³/mol. The Balaban J connectivity index is 1.74. The van der Waals surface area contributed by atoms with Gasteiger partial charge in [-0.1, -0.05) is 12.1 Å². The van der Waals surface area contributed by atoms with Gasteiger partial charge in [0.25, 0.3) is 0 Å². The number of alkyl halides is 3. The van der Waals surface area contributed by atoms with E-state index in [2.05, 4.69) is 10.1 Å². The number of rotatable bonds is 7. The van der Waals surface area contributed by atoms with E-state index in [9.17, 15) is 22.8 Å². The molecule has 0 spiro atoms. The summed E-state index contributed by atoms with van der Waals surface area (Å²) in [6.45, 7) is -1.31. The number of amides is 2. The number of halogens is 3. The highest BCUT2D eigenvalue weighted by atomic mass is 32.2. The van der Waals surface area contributed by atoms with Crippen LogP contribution >= 0.6 is 11.8 Å². The molecule has 9 heteroatoms. The lowest BCUT2D eigenvalue weighted by molar-refractivity contribution is -0.174. The lowest BCUT2D eigenvalue weighted by Gasteiger charge is -2.28. The van der Waals surface area contributed by atoms with Crippen molar-refractivity contribution in [1.82, 2.24) is 5.32 Å². The molecule has 132 valence electrons. The van der Waals surface area contributed by atoms with Gasteiger partial charge >= 0.3 is 6.18 Å². The molecule has 1 aliphatic heterocycles. The van der Waals surface area contributed by atoms with E-state index >= 15 is 0 Å². The maximum absolute atomic E-state index is 12.0. The van der Waals surface area contributed by atoms with E-state index in [-0.39, 0.29) is 43.7 Å². The van der Waals surface area contributed by atoms with E-state index in [4.69, 9.17) is 0 Å². The van der Waals surface area contributed by atoms with Gasteiger partial charge in [0.05, 0.1) is 11.4 Å².